The number of nitrogens with zero attached hydrogens (tertiary/aromatic N) is 1. The lowest BCUT2D eigenvalue weighted by Crippen LogP contribution is -2.21. The Bertz CT molecular complexity index is 652. The van der Waals surface area contributed by atoms with E-state index in [0.29, 0.717) is 21.1 Å². The smallest absolute Gasteiger partial charge is 0.265 e. The second-order valence-corrected chi connectivity index (χ2v) is 5.73. The summed E-state index contributed by atoms with van der Waals surface area (Å²) in [6.45, 7) is 2.36. The molecule has 1 aromatic carbocycles. The Morgan fingerprint density at radius 1 is 1.28 bits per heavy atom. The van der Waals surface area contributed by atoms with Crippen molar-refractivity contribution in [2.45, 2.75) is 13.5 Å². The summed E-state index contributed by atoms with van der Waals surface area (Å²) in [6.07, 6.45) is 1.80. The van der Waals surface area contributed by atoms with Gasteiger partial charge < -0.3 is 4.57 Å². The van der Waals surface area contributed by atoms with Gasteiger partial charge in [0.15, 0.2) is 0 Å². The third kappa shape index (κ3) is 2.97. The van der Waals surface area contributed by atoms with Gasteiger partial charge in [0.25, 0.3) is 5.56 Å². The second kappa shape index (κ2) is 5.47. The lowest BCUT2D eigenvalue weighted by atomic mass is 10.2. The molecule has 94 valence electrons. The van der Waals surface area contributed by atoms with Gasteiger partial charge in [0.05, 0.1) is 11.0 Å². The average molecular weight is 347 g/mol. The first-order valence-corrected chi connectivity index (χ1v) is 6.83. The topological polar surface area (TPSA) is 22.0 Å². The lowest BCUT2D eigenvalue weighted by molar-refractivity contribution is 0.750. The fraction of sp³-hybridized carbons (Fsp3) is 0.154. The quantitative estimate of drug-likeness (QED) is 0.795. The minimum absolute atomic E-state index is 0.0772. The van der Waals surface area contributed by atoms with Crippen molar-refractivity contribution in [1.82, 2.24) is 4.57 Å². The molecule has 5 heteroatoms. The maximum atomic E-state index is 12.0. The molecule has 0 aliphatic rings. The van der Waals surface area contributed by atoms with Gasteiger partial charge in [-0.2, -0.15) is 0 Å². The molecule has 0 saturated heterocycles. The summed E-state index contributed by atoms with van der Waals surface area (Å²) in [6, 6.07) is 7.06. The molecule has 2 rings (SSSR count). The maximum Gasteiger partial charge on any atom is 0.265 e. The standard InChI is InChI=1S/C13H10BrCl2NO/c1-8-4-11(14)13(18)17(6-8)7-9-2-3-10(15)5-12(9)16/h2-6H,7H2,1H3. The fourth-order valence-electron chi connectivity index (χ4n) is 1.69. The van der Waals surface area contributed by atoms with Crippen LogP contribution in [0, 0.1) is 6.92 Å². The summed E-state index contributed by atoms with van der Waals surface area (Å²) >= 11 is 15.2. The van der Waals surface area contributed by atoms with Gasteiger partial charge in [-0.1, -0.05) is 29.3 Å². The van der Waals surface area contributed by atoms with E-state index in [2.05, 4.69) is 15.9 Å². The molecule has 18 heavy (non-hydrogen) atoms. The van der Waals surface area contributed by atoms with Gasteiger partial charge in [-0.15, -0.1) is 0 Å². The highest BCUT2D eigenvalue weighted by atomic mass is 79.9. The fourth-order valence-corrected chi connectivity index (χ4v) is 2.75. The lowest BCUT2D eigenvalue weighted by Gasteiger charge is -2.09. The Morgan fingerprint density at radius 3 is 2.67 bits per heavy atom. The van der Waals surface area contributed by atoms with Crippen molar-refractivity contribution in [3.05, 3.63) is 66.5 Å². The number of pyridine rings is 1. The van der Waals surface area contributed by atoms with Crippen LogP contribution >= 0.6 is 39.1 Å². The zero-order valence-electron chi connectivity index (χ0n) is 9.58. The van der Waals surface area contributed by atoms with Crippen molar-refractivity contribution in [2.75, 3.05) is 0 Å². The molecule has 0 amide bonds. The van der Waals surface area contributed by atoms with Crippen molar-refractivity contribution < 1.29 is 0 Å². The van der Waals surface area contributed by atoms with Crippen LogP contribution in [0.1, 0.15) is 11.1 Å². The van der Waals surface area contributed by atoms with Crippen LogP contribution in [-0.2, 0) is 6.54 Å². The number of benzene rings is 1. The summed E-state index contributed by atoms with van der Waals surface area (Å²) in [5.74, 6) is 0. The average Bonchev–Trinajstić information content (AvgIpc) is 2.29. The first-order valence-electron chi connectivity index (χ1n) is 5.28. The van der Waals surface area contributed by atoms with E-state index in [1.54, 1.807) is 29.0 Å². The van der Waals surface area contributed by atoms with Gasteiger partial charge in [0, 0.05) is 16.2 Å². The largest absolute Gasteiger partial charge is 0.310 e. The monoisotopic (exact) mass is 345 g/mol. The zero-order chi connectivity index (χ0) is 13.3. The van der Waals surface area contributed by atoms with Crippen LogP contribution in [0.4, 0.5) is 0 Å². The Kier molecular flexibility index (Phi) is 4.15. The third-order valence-electron chi connectivity index (χ3n) is 2.53. The van der Waals surface area contributed by atoms with Crippen LogP contribution in [0.25, 0.3) is 0 Å². The molecular formula is C13H10BrCl2NO. The van der Waals surface area contributed by atoms with Crippen LogP contribution < -0.4 is 5.56 Å². The van der Waals surface area contributed by atoms with E-state index in [-0.39, 0.29) is 5.56 Å². The highest BCUT2D eigenvalue weighted by Crippen LogP contribution is 2.21. The van der Waals surface area contributed by atoms with Crippen molar-refractivity contribution in [1.29, 1.82) is 0 Å². The highest BCUT2D eigenvalue weighted by molar-refractivity contribution is 9.10. The Balaban J connectivity index is 2.43. The first kappa shape index (κ1) is 13.7. The van der Waals surface area contributed by atoms with E-state index in [4.69, 9.17) is 23.2 Å². The van der Waals surface area contributed by atoms with Crippen molar-refractivity contribution in [3.63, 3.8) is 0 Å². The van der Waals surface area contributed by atoms with Crippen LogP contribution in [0.15, 0.2) is 39.7 Å². The SMILES string of the molecule is Cc1cc(Br)c(=O)n(Cc2ccc(Cl)cc2Cl)c1. The molecule has 0 atom stereocenters. The molecule has 2 nitrogen and oxygen atoms in total. The number of hydrogen-bond acceptors (Lipinski definition) is 1. The van der Waals surface area contributed by atoms with E-state index in [0.717, 1.165) is 11.1 Å². The molecule has 2 aromatic rings. The highest BCUT2D eigenvalue weighted by Gasteiger charge is 2.06. The van der Waals surface area contributed by atoms with Gasteiger partial charge in [-0.05, 0) is 52.2 Å². The van der Waals surface area contributed by atoms with Crippen LogP contribution in [0.2, 0.25) is 10.0 Å². The number of aromatic nitrogens is 1. The summed E-state index contributed by atoms with van der Waals surface area (Å²) in [4.78, 5) is 12.0. The number of aryl methyl sites for hydroxylation is 1. The Hall–Kier alpha value is -0.770. The third-order valence-corrected chi connectivity index (χ3v) is 3.69. The van der Waals surface area contributed by atoms with Crippen molar-refractivity contribution in [2.24, 2.45) is 0 Å². The first-order chi connectivity index (χ1) is 8.47. The molecule has 0 N–H and O–H groups in total. The Labute approximate surface area is 123 Å². The maximum absolute atomic E-state index is 12.0. The predicted octanol–water partition coefficient (Wildman–Crippen LogP) is 4.27. The van der Waals surface area contributed by atoms with Gasteiger partial charge in [-0.25, -0.2) is 0 Å². The summed E-state index contributed by atoms with van der Waals surface area (Å²) in [5.41, 5.74) is 1.79. The number of hydrogen-bond donors (Lipinski definition) is 0. The normalized spacial score (nSPS) is 10.7. The summed E-state index contributed by atoms with van der Waals surface area (Å²) in [7, 11) is 0. The molecule has 1 aromatic heterocycles. The van der Waals surface area contributed by atoms with Crippen molar-refractivity contribution >= 4 is 39.1 Å². The van der Waals surface area contributed by atoms with E-state index in [9.17, 15) is 4.79 Å². The molecular weight excluding hydrogens is 337 g/mol. The van der Waals surface area contributed by atoms with E-state index in [1.807, 2.05) is 13.0 Å². The van der Waals surface area contributed by atoms with Gasteiger partial charge in [-0.3, -0.25) is 4.79 Å². The summed E-state index contributed by atoms with van der Waals surface area (Å²) < 4.78 is 2.17. The molecule has 0 unspecified atom stereocenters. The van der Waals surface area contributed by atoms with E-state index < -0.39 is 0 Å². The molecule has 0 radical (unpaired) electrons. The molecule has 0 bridgehead atoms. The molecule has 0 fully saturated rings. The van der Waals surface area contributed by atoms with Gasteiger partial charge in [0.2, 0.25) is 0 Å². The molecule has 0 aliphatic heterocycles. The van der Waals surface area contributed by atoms with Crippen molar-refractivity contribution in [3.8, 4) is 0 Å². The Morgan fingerprint density at radius 2 is 2.00 bits per heavy atom. The molecule has 0 saturated carbocycles. The van der Waals surface area contributed by atoms with Gasteiger partial charge >= 0.3 is 0 Å². The predicted molar refractivity (Wildman–Crippen MR) is 78.7 cm³/mol. The number of rotatable bonds is 2. The van der Waals surface area contributed by atoms with E-state index >= 15 is 0 Å². The van der Waals surface area contributed by atoms with Gasteiger partial charge in [0.1, 0.15) is 0 Å². The molecule has 1 heterocycles. The summed E-state index contributed by atoms with van der Waals surface area (Å²) in [5, 5.41) is 1.15. The minimum atomic E-state index is -0.0772. The number of halogens is 3. The minimum Gasteiger partial charge on any atom is -0.310 e. The van der Waals surface area contributed by atoms with Crippen LogP contribution in [0.3, 0.4) is 0 Å². The zero-order valence-corrected chi connectivity index (χ0v) is 12.7. The second-order valence-electron chi connectivity index (χ2n) is 4.03. The molecule has 0 spiro atoms. The molecule has 0 aliphatic carbocycles. The van der Waals surface area contributed by atoms with Crippen LogP contribution in [0.5, 0.6) is 0 Å². The van der Waals surface area contributed by atoms with E-state index in [1.165, 1.54) is 0 Å². The van der Waals surface area contributed by atoms with Crippen LogP contribution in [-0.4, -0.2) is 4.57 Å².